The molecule has 108 valence electrons. The van der Waals surface area contributed by atoms with Crippen LogP contribution in [0, 0.1) is 11.3 Å². The molecule has 2 amide bonds. The lowest BCUT2D eigenvalue weighted by Crippen LogP contribution is -2.47. The van der Waals surface area contributed by atoms with E-state index in [-0.39, 0.29) is 24.0 Å². The summed E-state index contributed by atoms with van der Waals surface area (Å²) in [7, 11) is 0. The van der Waals surface area contributed by atoms with Gasteiger partial charge in [0.2, 0.25) is 0 Å². The minimum atomic E-state index is -0.942. The first-order valence-corrected chi connectivity index (χ1v) is 7.13. The number of nitrogens with zero attached hydrogens (tertiary/aromatic N) is 1. The second kappa shape index (κ2) is 5.39. The summed E-state index contributed by atoms with van der Waals surface area (Å²) in [6.07, 6.45) is 5.30. The summed E-state index contributed by atoms with van der Waals surface area (Å²) >= 11 is 0. The van der Waals surface area contributed by atoms with Crippen molar-refractivity contribution < 1.29 is 14.7 Å². The minimum Gasteiger partial charge on any atom is -0.480 e. The number of carboxylic acid groups (broad SMARTS) is 1. The van der Waals surface area contributed by atoms with Crippen molar-refractivity contribution in [2.75, 3.05) is 13.1 Å². The smallest absolute Gasteiger partial charge is 0.323 e. The number of amides is 2. The Morgan fingerprint density at radius 1 is 1.32 bits per heavy atom. The van der Waals surface area contributed by atoms with Gasteiger partial charge in [-0.25, -0.2) is 4.79 Å². The van der Waals surface area contributed by atoms with Crippen LogP contribution < -0.4 is 5.32 Å². The normalized spacial score (nSPS) is 25.1. The zero-order valence-electron chi connectivity index (χ0n) is 11.8. The number of rotatable bonds is 5. The Hall–Kier alpha value is -1.26. The van der Waals surface area contributed by atoms with Gasteiger partial charge in [-0.3, -0.25) is 4.79 Å². The highest BCUT2D eigenvalue weighted by molar-refractivity contribution is 5.80. The van der Waals surface area contributed by atoms with E-state index in [0.717, 1.165) is 32.1 Å². The molecule has 0 heterocycles. The highest BCUT2D eigenvalue weighted by Gasteiger charge is 2.34. The van der Waals surface area contributed by atoms with Crippen molar-refractivity contribution in [3.8, 4) is 0 Å². The van der Waals surface area contributed by atoms with Gasteiger partial charge < -0.3 is 15.3 Å². The molecule has 0 saturated heterocycles. The Kier molecular flexibility index (Phi) is 4.02. The van der Waals surface area contributed by atoms with E-state index in [1.54, 1.807) is 0 Å². The molecule has 0 aromatic heterocycles. The summed E-state index contributed by atoms with van der Waals surface area (Å²) in [6.45, 7) is 4.80. The number of urea groups is 1. The molecule has 0 bridgehead atoms. The SMILES string of the molecule is CC1(C)CCC(NC(=O)N(CC(=O)O)CC2CC2)C1. The summed E-state index contributed by atoms with van der Waals surface area (Å²) < 4.78 is 0. The molecule has 19 heavy (non-hydrogen) atoms. The van der Waals surface area contributed by atoms with Gasteiger partial charge >= 0.3 is 12.0 Å². The molecule has 0 radical (unpaired) electrons. The van der Waals surface area contributed by atoms with Crippen LogP contribution in [0.5, 0.6) is 0 Å². The fourth-order valence-electron chi connectivity index (χ4n) is 2.82. The van der Waals surface area contributed by atoms with E-state index in [1.807, 2.05) is 0 Å². The van der Waals surface area contributed by atoms with Crippen LogP contribution in [0.4, 0.5) is 4.79 Å². The van der Waals surface area contributed by atoms with Crippen LogP contribution in [0.2, 0.25) is 0 Å². The van der Waals surface area contributed by atoms with E-state index in [4.69, 9.17) is 5.11 Å². The molecule has 5 heteroatoms. The fraction of sp³-hybridized carbons (Fsp3) is 0.857. The molecule has 0 aromatic rings. The third-order valence-electron chi connectivity index (χ3n) is 4.09. The first-order valence-electron chi connectivity index (χ1n) is 7.13. The zero-order chi connectivity index (χ0) is 14.0. The van der Waals surface area contributed by atoms with Gasteiger partial charge in [0, 0.05) is 12.6 Å². The fourth-order valence-corrected chi connectivity index (χ4v) is 2.82. The van der Waals surface area contributed by atoms with Crippen LogP contribution in [0.15, 0.2) is 0 Å². The van der Waals surface area contributed by atoms with Gasteiger partial charge in [0.1, 0.15) is 6.54 Å². The van der Waals surface area contributed by atoms with Crippen LogP contribution in [0.1, 0.15) is 46.0 Å². The molecule has 0 aliphatic heterocycles. The number of hydrogen-bond acceptors (Lipinski definition) is 2. The largest absolute Gasteiger partial charge is 0.480 e. The van der Waals surface area contributed by atoms with E-state index in [2.05, 4.69) is 19.2 Å². The lowest BCUT2D eigenvalue weighted by Gasteiger charge is -2.24. The molecule has 0 spiro atoms. The van der Waals surface area contributed by atoms with Crippen LogP contribution in [0.3, 0.4) is 0 Å². The Balaban J connectivity index is 1.85. The quantitative estimate of drug-likeness (QED) is 0.802. The van der Waals surface area contributed by atoms with E-state index >= 15 is 0 Å². The Morgan fingerprint density at radius 2 is 2.00 bits per heavy atom. The summed E-state index contributed by atoms with van der Waals surface area (Å²) in [5, 5.41) is 11.9. The molecule has 2 rings (SSSR count). The minimum absolute atomic E-state index is 0.193. The second-order valence-electron chi connectivity index (χ2n) is 6.77. The van der Waals surface area contributed by atoms with Crippen molar-refractivity contribution in [3.63, 3.8) is 0 Å². The van der Waals surface area contributed by atoms with Gasteiger partial charge in [-0.2, -0.15) is 0 Å². The molecule has 1 unspecified atom stereocenters. The number of carbonyl (C=O) groups is 2. The molecule has 2 fully saturated rings. The van der Waals surface area contributed by atoms with E-state index < -0.39 is 5.97 Å². The van der Waals surface area contributed by atoms with E-state index in [0.29, 0.717) is 12.5 Å². The van der Waals surface area contributed by atoms with Gasteiger partial charge in [0.25, 0.3) is 0 Å². The second-order valence-corrected chi connectivity index (χ2v) is 6.77. The molecule has 0 aromatic carbocycles. The van der Waals surface area contributed by atoms with Crippen molar-refractivity contribution in [3.05, 3.63) is 0 Å². The zero-order valence-corrected chi connectivity index (χ0v) is 11.8. The Morgan fingerprint density at radius 3 is 2.47 bits per heavy atom. The molecular weight excluding hydrogens is 244 g/mol. The monoisotopic (exact) mass is 268 g/mol. The van der Waals surface area contributed by atoms with Crippen LogP contribution >= 0.6 is 0 Å². The van der Waals surface area contributed by atoms with Gasteiger partial charge in [-0.05, 0) is 43.4 Å². The van der Waals surface area contributed by atoms with Gasteiger partial charge in [0.05, 0.1) is 0 Å². The van der Waals surface area contributed by atoms with Gasteiger partial charge in [0.15, 0.2) is 0 Å². The van der Waals surface area contributed by atoms with Crippen molar-refractivity contribution in [2.45, 2.75) is 52.0 Å². The standard InChI is InChI=1S/C14H24N2O3/c1-14(2)6-5-11(7-14)15-13(19)16(9-12(17)18)8-10-3-4-10/h10-11H,3-9H2,1-2H3,(H,15,19)(H,17,18). The summed E-state index contributed by atoms with van der Waals surface area (Å²) in [4.78, 5) is 24.4. The average Bonchev–Trinajstić information content (AvgIpc) is 3.02. The highest BCUT2D eigenvalue weighted by atomic mass is 16.4. The lowest BCUT2D eigenvalue weighted by molar-refractivity contribution is -0.137. The van der Waals surface area contributed by atoms with E-state index in [1.165, 1.54) is 4.90 Å². The van der Waals surface area contributed by atoms with Crippen LogP contribution in [0.25, 0.3) is 0 Å². The van der Waals surface area contributed by atoms with Crippen molar-refractivity contribution in [2.24, 2.45) is 11.3 Å². The lowest BCUT2D eigenvalue weighted by atomic mass is 9.92. The molecule has 2 saturated carbocycles. The molecule has 2 N–H and O–H groups in total. The molecule has 2 aliphatic carbocycles. The maximum atomic E-state index is 12.2. The Bertz CT molecular complexity index is 364. The number of carboxylic acids is 1. The summed E-state index contributed by atoms with van der Waals surface area (Å²) in [5.41, 5.74) is 0.284. The third kappa shape index (κ3) is 4.40. The number of carbonyl (C=O) groups excluding carboxylic acids is 1. The highest BCUT2D eigenvalue weighted by Crippen LogP contribution is 2.37. The molecule has 2 aliphatic rings. The summed E-state index contributed by atoms with van der Waals surface area (Å²) in [5.74, 6) is -0.437. The first-order chi connectivity index (χ1) is 8.85. The van der Waals surface area contributed by atoms with Gasteiger partial charge in [-0.1, -0.05) is 13.8 Å². The number of nitrogens with one attached hydrogen (secondary N) is 1. The van der Waals surface area contributed by atoms with Crippen molar-refractivity contribution in [1.29, 1.82) is 0 Å². The predicted molar refractivity (Wildman–Crippen MR) is 71.9 cm³/mol. The number of hydrogen-bond donors (Lipinski definition) is 2. The topological polar surface area (TPSA) is 69.6 Å². The van der Waals surface area contributed by atoms with Crippen molar-refractivity contribution >= 4 is 12.0 Å². The summed E-state index contributed by atoms with van der Waals surface area (Å²) in [6, 6.07) is -0.0185. The first kappa shape index (κ1) is 14.2. The van der Waals surface area contributed by atoms with Gasteiger partial charge in [-0.15, -0.1) is 0 Å². The molecule has 5 nitrogen and oxygen atoms in total. The predicted octanol–water partition coefficient (Wildman–Crippen LogP) is 2.07. The maximum Gasteiger partial charge on any atom is 0.323 e. The third-order valence-corrected chi connectivity index (χ3v) is 4.09. The van der Waals surface area contributed by atoms with Crippen LogP contribution in [-0.4, -0.2) is 41.1 Å². The van der Waals surface area contributed by atoms with Crippen LogP contribution in [-0.2, 0) is 4.79 Å². The van der Waals surface area contributed by atoms with E-state index in [9.17, 15) is 9.59 Å². The molecule has 1 atom stereocenters. The number of aliphatic carboxylic acids is 1. The van der Waals surface area contributed by atoms with Crippen molar-refractivity contribution in [1.82, 2.24) is 10.2 Å². The Labute approximate surface area is 114 Å². The molecular formula is C14H24N2O3. The maximum absolute atomic E-state index is 12.2. The average molecular weight is 268 g/mol.